The molecule has 5 heteroatoms. The van der Waals surface area contributed by atoms with Crippen LogP contribution in [-0.2, 0) is 4.79 Å². The summed E-state index contributed by atoms with van der Waals surface area (Å²) in [6.45, 7) is 5.19. The quantitative estimate of drug-likeness (QED) is 0.574. The largest absolute Gasteiger partial charge is 0.392 e. The maximum Gasteiger partial charge on any atom is 0.224 e. The highest BCUT2D eigenvalue weighted by atomic mass is 16.3. The molecule has 2 unspecified atom stereocenters. The van der Waals surface area contributed by atoms with Gasteiger partial charge >= 0.3 is 0 Å². The van der Waals surface area contributed by atoms with E-state index in [0.717, 1.165) is 25.9 Å². The van der Waals surface area contributed by atoms with Crippen LogP contribution in [0.4, 0.5) is 0 Å². The number of amides is 1. The number of rotatable bonds is 5. The minimum Gasteiger partial charge on any atom is -0.392 e. The summed E-state index contributed by atoms with van der Waals surface area (Å²) in [5.74, 6) is 0.153. The number of nitrogens with zero attached hydrogens (tertiary/aromatic N) is 1. The Bertz CT molecular complexity index is 221. The van der Waals surface area contributed by atoms with E-state index in [1.165, 1.54) is 0 Å². The zero-order valence-electron chi connectivity index (χ0n) is 9.98. The molecule has 4 N–H and O–H groups in total. The first-order chi connectivity index (χ1) is 7.63. The van der Waals surface area contributed by atoms with E-state index >= 15 is 0 Å². The van der Waals surface area contributed by atoms with Crippen molar-refractivity contribution in [2.45, 2.75) is 25.9 Å². The molecular weight excluding hydrogens is 206 g/mol. The molecule has 0 aromatic carbocycles. The maximum atomic E-state index is 11.7. The summed E-state index contributed by atoms with van der Waals surface area (Å²) in [7, 11) is 0. The van der Waals surface area contributed by atoms with Crippen LogP contribution in [-0.4, -0.2) is 54.7 Å². The number of piperidine rings is 1. The molecule has 0 bridgehead atoms. The van der Waals surface area contributed by atoms with E-state index in [0.29, 0.717) is 19.6 Å². The average Bonchev–Trinajstić information content (AvgIpc) is 2.25. The van der Waals surface area contributed by atoms with Crippen molar-refractivity contribution in [3.05, 3.63) is 0 Å². The number of hydrogen-bond acceptors (Lipinski definition) is 4. The summed E-state index contributed by atoms with van der Waals surface area (Å²) in [4.78, 5) is 13.9. The van der Waals surface area contributed by atoms with Crippen LogP contribution < -0.4 is 11.1 Å². The molecule has 2 atom stereocenters. The Labute approximate surface area is 97.0 Å². The summed E-state index contributed by atoms with van der Waals surface area (Å²) in [6.07, 6.45) is 1.63. The second-order valence-electron chi connectivity index (χ2n) is 4.53. The Hall–Kier alpha value is -0.650. The van der Waals surface area contributed by atoms with Gasteiger partial charge in [0.1, 0.15) is 0 Å². The third kappa shape index (κ3) is 4.47. The van der Waals surface area contributed by atoms with Gasteiger partial charge in [-0.3, -0.25) is 9.69 Å². The lowest BCUT2D eigenvalue weighted by molar-refractivity contribution is -0.126. The van der Waals surface area contributed by atoms with E-state index in [2.05, 4.69) is 10.2 Å². The number of hydrogen-bond donors (Lipinski definition) is 3. The summed E-state index contributed by atoms with van der Waals surface area (Å²) in [5.41, 5.74) is 5.34. The van der Waals surface area contributed by atoms with Crippen LogP contribution in [0.15, 0.2) is 0 Å². The predicted molar refractivity (Wildman–Crippen MR) is 62.9 cm³/mol. The highest BCUT2D eigenvalue weighted by molar-refractivity contribution is 5.78. The Balaban J connectivity index is 2.34. The summed E-state index contributed by atoms with van der Waals surface area (Å²) in [5, 5.41) is 12.1. The Morgan fingerprint density at radius 2 is 2.44 bits per heavy atom. The number of carbonyl (C=O) groups excluding carboxylic acids is 1. The minimum atomic E-state index is -0.328. The number of nitrogens with two attached hydrogens (primary N) is 1. The van der Waals surface area contributed by atoms with Gasteiger partial charge in [-0.15, -0.1) is 0 Å². The Morgan fingerprint density at radius 1 is 1.69 bits per heavy atom. The van der Waals surface area contributed by atoms with Crippen molar-refractivity contribution in [3.8, 4) is 0 Å². The molecule has 1 saturated heterocycles. The highest BCUT2D eigenvalue weighted by Gasteiger charge is 2.25. The normalized spacial score (nSPS) is 24.1. The maximum absolute atomic E-state index is 11.7. The second kappa shape index (κ2) is 6.83. The van der Waals surface area contributed by atoms with Crippen molar-refractivity contribution >= 4 is 5.91 Å². The lowest BCUT2D eigenvalue weighted by atomic mass is 9.97. The van der Waals surface area contributed by atoms with Gasteiger partial charge < -0.3 is 16.2 Å². The molecule has 0 aliphatic carbocycles. The van der Waals surface area contributed by atoms with Crippen molar-refractivity contribution in [2.75, 3.05) is 32.7 Å². The van der Waals surface area contributed by atoms with Crippen LogP contribution in [0, 0.1) is 5.92 Å². The van der Waals surface area contributed by atoms with Gasteiger partial charge in [0, 0.05) is 26.2 Å². The zero-order chi connectivity index (χ0) is 12.0. The van der Waals surface area contributed by atoms with Crippen LogP contribution in [0.2, 0.25) is 0 Å². The molecule has 0 spiro atoms. The molecule has 0 radical (unpaired) electrons. The summed E-state index contributed by atoms with van der Waals surface area (Å²) in [6, 6.07) is 0. The summed E-state index contributed by atoms with van der Waals surface area (Å²) < 4.78 is 0. The first kappa shape index (κ1) is 13.4. The topological polar surface area (TPSA) is 78.6 Å². The highest BCUT2D eigenvalue weighted by Crippen LogP contribution is 2.16. The van der Waals surface area contributed by atoms with E-state index in [4.69, 9.17) is 5.73 Å². The molecule has 1 amide bonds. The van der Waals surface area contributed by atoms with Crippen LogP contribution in [0.3, 0.4) is 0 Å². The van der Waals surface area contributed by atoms with E-state index < -0.39 is 0 Å². The molecule has 0 aromatic rings. The van der Waals surface area contributed by atoms with Crippen LogP contribution in [0.1, 0.15) is 19.8 Å². The molecule has 1 heterocycles. The van der Waals surface area contributed by atoms with Crippen molar-refractivity contribution < 1.29 is 9.90 Å². The minimum absolute atomic E-state index is 0.0547. The molecular formula is C11H23N3O2. The van der Waals surface area contributed by atoms with E-state index in [1.54, 1.807) is 6.92 Å². The fourth-order valence-electron chi connectivity index (χ4n) is 2.15. The van der Waals surface area contributed by atoms with Crippen LogP contribution in [0.25, 0.3) is 0 Å². The summed E-state index contributed by atoms with van der Waals surface area (Å²) >= 11 is 0. The van der Waals surface area contributed by atoms with Crippen molar-refractivity contribution in [1.29, 1.82) is 0 Å². The molecule has 1 fully saturated rings. The lowest BCUT2D eigenvalue weighted by Gasteiger charge is -2.32. The third-order valence-electron chi connectivity index (χ3n) is 2.84. The Kier molecular flexibility index (Phi) is 5.73. The molecule has 1 rings (SSSR count). The first-order valence-electron chi connectivity index (χ1n) is 6.01. The van der Waals surface area contributed by atoms with Crippen molar-refractivity contribution in [3.63, 3.8) is 0 Å². The van der Waals surface area contributed by atoms with Gasteiger partial charge in [-0.25, -0.2) is 0 Å². The SMILES string of the molecule is CC(O)CN1CCCC(C(=O)NCCN)C1. The van der Waals surface area contributed by atoms with E-state index in [-0.39, 0.29) is 17.9 Å². The Morgan fingerprint density at radius 3 is 3.06 bits per heavy atom. The van der Waals surface area contributed by atoms with Gasteiger partial charge in [0.15, 0.2) is 0 Å². The molecule has 0 saturated carbocycles. The van der Waals surface area contributed by atoms with E-state index in [1.807, 2.05) is 0 Å². The molecule has 0 aromatic heterocycles. The van der Waals surface area contributed by atoms with E-state index in [9.17, 15) is 9.90 Å². The number of carbonyl (C=O) groups is 1. The standard InChI is InChI=1S/C11H23N3O2/c1-9(15)7-14-6-2-3-10(8-14)11(16)13-5-4-12/h9-10,15H,2-8,12H2,1H3,(H,13,16). The fraction of sp³-hybridized carbons (Fsp3) is 0.909. The second-order valence-corrected chi connectivity index (χ2v) is 4.53. The molecule has 5 nitrogen and oxygen atoms in total. The van der Waals surface area contributed by atoms with Crippen LogP contribution in [0.5, 0.6) is 0 Å². The van der Waals surface area contributed by atoms with Gasteiger partial charge in [-0.1, -0.05) is 0 Å². The van der Waals surface area contributed by atoms with Gasteiger partial charge in [0.25, 0.3) is 0 Å². The zero-order valence-corrected chi connectivity index (χ0v) is 9.98. The number of aliphatic hydroxyl groups is 1. The van der Waals surface area contributed by atoms with Crippen LogP contribution >= 0.6 is 0 Å². The average molecular weight is 229 g/mol. The lowest BCUT2D eigenvalue weighted by Crippen LogP contribution is -2.45. The number of β-amino-alcohol motifs (C(OH)–C–C–N with tert-alkyl or cyclic N) is 1. The monoisotopic (exact) mass is 229 g/mol. The van der Waals surface area contributed by atoms with Crippen molar-refractivity contribution in [2.24, 2.45) is 11.7 Å². The number of aliphatic hydroxyl groups excluding tert-OH is 1. The predicted octanol–water partition coefficient (Wildman–Crippen LogP) is -0.846. The smallest absolute Gasteiger partial charge is 0.224 e. The molecule has 1 aliphatic rings. The van der Waals surface area contributed by atoms with Gasteiger partial charge in [0.2, 0.25) is 5.91 Å². The van der Waals surface area contributed by atoms with Gasteiger partial charge in [-0.2, -0.15) is 0 Å². The first-order valence-corrected chi connectivity index (χ1v) is 6.01. The molecule has 1 aliphatic heterocycles. The van der Waals surface area contributed by atoms with Crippen molar-refractivity contribution in [1.82, 2.24) is 10.2 Å². The molecule has 94 valence electrons. The fourth-order valence-corrected chi connectivity index (χ4v) is 2.15. The van der Waals surface area contributed by atoms with Gasteiger partial charge in [-0.05, 0) is 26.3 Å². The van der Waals surface area contributed by atoms with Gasteiger partial charge in [0.05, 0.1) is 12.0 Å². The number of nitrogens with one attached hydrogen (secondary N) is 1. The third-order valence-corrected chi connectivity index (χ3v) is 2.84. The molecule has 16 heavy (non-hydrogen) atoms. The number of likely N-dealkylation sites (tertiary alicyclic amines) is 1.